The van der Waals surface area contributed by atoms with Crippen molar-refractivity contribution in [3.63, 3.8) is 0 Å². The van der Waals surface area contributed by atoms with E-state index < -0.39 is 9.84 Å². The lowest BCUT2D eigenvalue weighted by molar-refractivity contribution is 0.467. The van der Waals surface area contributed by atoms with Gasteiger partial charge in [0.05, 0.1) is 11.8 Å². The molecule has 0 fully saturated rings. The second kappa shape index (κ2) is 6.07. The fourth-order valence-corrected chi connectivity index (χ4v) is 4.71. The average Bonchev–Trinajstić information content (AvgIpc) is 2.96. The van der Waals surface area contributed by atoms with Gasteiger partial charge < -0.3 is 15.5 Å². The molecule has 0 amide bonds. The third kappa shape index (κ3) is 3.38. The number of sulfone groups is 1. The van der Waals surface area contributed by atoms with E-state index in [1.165, 1.54) is 0 Å². The van der Waals surface area contributed by atoms with Gasteiger partial charge in [0.2, 0.25) is 0 Å². The van der Waals surface area contributed by atoms with Crippen LogP contribution >= 0.6 is 11.5 Å². The second-order valence-electron chi connectivity index (χ2n) is 4.86. The molecule has 21 heavy (non-hydrogen) atoms. The van der Waals surface area contributed by atoms with E-state index in [1.54, 1.807) is 0 Å². The number of furan rings is 1. The first-order valence-corrected chi connectivity index (χ1v) is 9.08. The van der Waals surface area contributed by atoms with Gasteiger partial charge in [0, 0.05) is 0 Å². The van der Waals surface area contributed by atoms with Gasteiger partial charge in [-0.3, -0.25) is 0 Å². The van der Waals surface area contributed by atoms with E-state index in [9.17, 15) is 8.42 Å². The molecule has 0 saturated carbocycles. The lowest BCUT2D eigenvalue weighted by Crippen LogP contribution is -2.12. The zero-order valence-electron chi connectivity index (χ0n) is 12.2. The van der Waals surface area contributed by atoms with E-state index in [0.717, 1.165) is 23.1 Å². The molecule has 0 aliphatic carbocycles. The second-order valence-corrected chi connectivity index (χ2v) is 7.68. The van der Waals surface area contributed by atoms with Gasteiger partial charge in [0.25, 0.3) is 0 Å². The van der Waals surface area contributed by atoms with Crippen LogP contribution in [0.1, 0.15) is 37.8 Å². The number of hydrogen-bond donors (Lipinski definition) is 2. The van der Waals surface area contributed by atoms with Crippen molar-refractivity contribution in [2.45, 2.75) is 38.1 Å². The highest BCUT2D eigenvalue weighted by Crippen LogP contribution is 2.35. The zero-order chi connectivity index (χ0) is 15.6. The van der Waals surface area contributed by atoms with Crippen LogP contribution in [-0.4, -0.2) is 18.5 Å². The maximum atomic E-state index is 12.3. The number of nitrogen functional groups attached to an aromatic ring is 1. The molecule has 2 heterocycles. The van der Waals surface area contributed by atoms with Gasteiger partial charge in [-0.25, -0.2) is 8.42 Å². The molecule has 1 atom stereocenters. The van der Waals surface area contributed by atoms with E-state index in [0.29, 0.717) is 11.4 Å². The van der Waals surface area contributed by atoms with Gasteiger partial charge in [0.1, 0.15) is 21.4 Å². The maximum absolute atomic E-state index is 12.3. The third-order valence-corrected chi connectivity index (χ3v) is 5.90. The normalized spacial score (nSPS) is 13.3. The molecule has 0 saturated heterocycles. The highest BCUT2D eigenvalue weighted by atomic mass is 32.2. The summed E-state index contributed by atoms with van der Waals surface area (Å²) in [6, 6.07) is 3.55. The summed E-state index contributed by atoms with van der Waals surface area (Å²) in [4.78, 5) is 0.101. The van der Waals surface area contributed by atoms with Crippen LogP contribution in [0.4, 0.5) is 10.8 Å². The Bertz CT molecular complexity index is 719. The van der Waals surface area contributed by atoms with E-state index in [2.05, 4.69) is 9.69 Å². The summed E-state index contributed by atoms with van der Waals surface area (Å²) in [5, 5.41) is 3.59. The summed E-state index contributed by atoms with van der Waals surface area (Å²) in [6.07, 6.45) is 0.532. The number of nitrogens with one attached hydrogen (secondary N) is 1. The minimum atomic E-state index is -3.42. The van der Waals surface area contributed by atoms with Gasteiger partial charge in [0.15, 0.2) is 15.7 Å². The molecule has 2 aromatic rings. The van der Waals surface area contributed by atoms with E-state index in [1.807, 2.05) is 32.9 Å². The van der Waals surface area contributed by atoms with Crippen LogP contribution < -0.4 is 11.1 Å². The summed E-state index contributed by atoms with van der Waals surface area (Å²) in [7, 11) is -3.42. The Kier molecular flexibility index (Phi) is 4.58. The summed E-state index contributed by atoms with van der Waals surface area (Å²) >= 11 is 1.05. The Morgan fingerprint density at radius 1 is 1.48 bits per heavy atom. The van der Waals surface area contributed by atoms with Crippen LogP contribution in [0.25, 0.3) is 0 Å². The van der Waals surface area contributed by atoms with Crippen LogP contribution in [0.15, 0.2) is 21.4 Å². The standard InChI is InChI=1S/C13H19N3O3S2/c1-4-7-21(17,18)11-12(14)16-20-13(11)15-9(3)10-6-5-8(2)19-10/h5-6,9,15H,4,7H2,1-3H3,(H2,14,16). The van der Waals surface area contributed by atoms with E-state index in [4.69, 9.17) is 10.2 Å². The Morgan fingerprint density at radius 3 is 2.76 bits per heavy atom. The molecule has 0 aliphatic heterocycles. The molecule has 0 aromatic carbocycles. The number of rotatable bonds is 6. The van der Waals surface area contributed by atoms with Gasteiger partial charge in [-0.1, -0.05) is 6.92 Å². The Labute approximate surface area is 128 Å². The maximum Gasteiger partial charge on any atom is 0.185 e. The molecule has 6 nitrogen and oxygen atoms in total. The molecule has 0 bridgehead atoms. The van der Waals surface area contributed by atoms with Gasteiger partial charge in [-0.15, -0.1) is 0 Å². The van der Waals surface area contributed by atoms with Crippen molar-refractivity contribution in [3.8, 4) is 0 Å². The predicted molar refractivity (Wildman–Crippen MR) is 84.4 cm³/mol. The summed E-state index contributed by atoms with van der Waals surface area (Å²) < 4.78 is 34.1. The first-order chi connectivity index (χ1) is 9.85. The van der Waals surface area contributed by atoms with Crippen LogP contribution in [0, 0.1) is 6.92 Å². The number of anilines is 2. The molecule has 2 rings (SSSR count). The number of aromatic nitrogens is 1. The zero-order valence-corrected chi connectivity index (χ0v) is 13.8. The number of nitrogens with zero attached hydrogens (tertiary/aromatic N) is 1. The molecule has 116 valence electrons. The molecule has 2 aromatic heterocycles. The van der Waals surface area contributed by atoms with E-state index >= 15 is 0 Å². The Morgan fingerprint density at radius 2 is 2.19 bits per heavy atom. The van der Waals surface area contributed by atoms with Crippen molar-refractivity contribution in [3.05, 3.63) is 23.7 Å². The SMILES string of the molecule is CCCS(=O)(=O)c1c(N)nsc1NC(C)c1ccc(C)o1. The fraction of sp³-hybridized carbons (Fsp3) is 0.462. The molecular formula is C13H19N3O3S2. The fourth-order valence-electron chi connectivity index (χ4n) is 2.01. The van der Waals surface area contributed by atoms with Crippen LogP contribution in [0.2, 0.25) is 0 Å². The van der Waals surface area contributed by atoms with E-state index in [-0.39, 0.29) is 22.5 Å². The molecular weight excluding hydrogens is 310 g/mol. The minimum absolute atomic E-state index is 0.0541. The monoisotopic (exact) mass is 329 g/mol. The number of hydrogen-bond acceptors (Lipinski definition) is 7. The molecule has 0 aliphatic rings. The first kappa shape index (κ1) is 15.8. The minimum Gasteiger partial charge on any atom is -0.464 e. The molecule has 1 unspecified atom stereocenters. The Balaban J connectivity index is 2.30. The van der Waals surface area contributed by atoms with Gasteiger partial charge >= 0.3 is 0 Å². The molecule has 8 heteroatoms. The van der Waals surface area contributed by atoms with Crippen LogP contribution in [0.3, 0.4) is 0 Å². The van der Waals surface area contributed by atoms with Crippen LogP contribution in [-0.2, 0) is 9.84 Å². The van der Waals surface area contributed by atoms with Crippen molar-refractivity contribution in [1.82, 2.24) is 4.37 Å². The van der Waals surface area contributed by atoms with Crippen molar-refractivity contribution < 1.29 is 12.8 Å². The van der Waals surface area contributed by atoms with Crippen molar-refractivity contribution in [2.75, 3.05) is 16.8 Å². The third-order valence-electron chi connectivity index (χ3n) is 2.99. The van der Waals surface area contributed by atoms with Crippen LogP contribution in [0.5, 0.6) is 0 Å². The van der Waals surface area contributed by atoms with Crippen molar-refractivity contribution in [2.24, 2.45) is 0 Å². The molecule has 0 spiro atoms. The van der Waals surface area contributed by atoms with Gasteiger partial charge in [-0.2, -0.15) is 4.37 Å². The summed E-state index contributed by atoms with van der Waals surface area (Å²) in [5.41, 5.74) is 5.73. The topological polar surface area (TPSA) is 98.2 Å². The summed E-state index contributed by atoms with van der Waals surface area (Å²) in [5.74, 6) is 1.65. The lowest BCUT2D eigenvalue weighted by atomic mass is 10.2. The number of aryl methyl sites for hydroxylation is 1. The highest BCUT2D eigenvalue weighted by molar-refractivity contribution is 7.91. The van der Waals surface area contributed by atoms with Gasteiger partial charge in [-0.05, 0) is 43.9 Å². The van der Waals surface area contributed by atoms with Crippen molar-refractivity contribution >= 4 is 32.2 Å². The molecule has 3 N–H and O–H groups in total. The smallest absolute Gasteiger partial charge is 0.185 e. The largest absolute Gasteiger partial charge is 0.464 e. The quantitative estimate of drug-likeness (QED) is 0.845. The highest BCUT2D eigenvalue weighted by Gasteiger charge is 2.26. The Hall–Kier alpha value is -1.54. The average molecular weight is 329 g/mol. The lowest BCUT2D eigenvalue weighted by Gasteiger charge is -2.12. The molecule has 0 radical (unpaired) electrons. The van der Waals surface area contributed by atoms with Crippen molar-refractivity contribution in [1.29, 1.82) is 0 Å². The first-order valence-electron chi connectivity index (χ1n) is 6.66. The summed E-state index contributed by atoms with van der Waals surface area (Å²) in [6.45, 7) is 5.57. The number of nitrogens with two attached hydrogens (primary N) is 1. The predicted octanol–water partition coefficient (Wildman–Crippen LogP) is 2.98.